The maximum atomic E-state index is 12.8. The molecular formula is C19H25N3O3S2. The van der Waals surface area contributed by atoms with E-state index >= 15 is 0 Å². The monoisotopic (exact) mass is 407 g/mol. The van der Waals surface area contributed by atoms with Crippen molar-refractivity contribution >= 4 is 27.3 Å². The molecule has 0 radical (unpaired) electrons. The van der Waals surface area contributed by atoms with Crippen LogP contribution in [0.25, 0.3) is 0 Å². The number of thiophene rings is 1. The van der Waals surface area contributed by atoms with E-state index < -0.39 is 10.0 Å². The molecule has 27 heavy (non-hydrogen) atoms. The van der Waals surface area contributed by atoms with E-state index in [2.05, 4.69) is 27.0 Å². The van der Waals surface area contributed by atoms with Crippen molar-refractivity contribution in [2.24, 2.45) is 5.14 Å². The molecule has 1 aromatic heterocycles. The molecule has 2 aromatic rings. The number of primary sulfonamides is 1. The van der Waals surface area contributed by atoms with Crippen molar-refractivity contribution in [2.75, 3.05) is 6.54 Å². The Morgan fingerprint density at radius 3 is 2.56 bits per heavy atom. The highest BCUT2D eigenvalue weighted by Crippen LogP contribution is 2.34. The fraction of sp³-hybridized carbons (Fsp3) is 0.421. The highest BCUT2D eigenvalue weighted by molar-refractivity contribution is 7.89. The summed E-state index contributed by atoms with van der Waals surface area (Å²) in [6.45, 7) is 4.74. The van der Waals surface area contributed by atoms with E-state index in [1.807, 2.05) is 13.8 Å². The van der Waals surface area contributed by atoms with Crippen LogP contribution in [0.4, 0.5) is 0 Å². The summed E-state index contributed by atoms with van der Waals surface area (Å²) in [4.78, 5) is 15.1. The first-order valence-electron chi connectivity index (χ1n) is 8.98. The summed E-state index contributed by atoms with van der Waals surface area (Å²) in [5.74, 6) is -0.0276. The Bertz CT molecular complexity index is 879. The van der Waals surface area contributed by atoms with Gasteiger partial charge in [-0.05, 0) is 73.3 Å². The second-order valence-corrected chi connectivity index (χ2v) is 9.31. The summed E-state index contributed by atoms with van der Waals surface area (Å²) >= 11 is 1.68. The number of amides is 1. The Labute approximate surface area is 164 Å². The van der Waals surface area contributed by atoms with Gasteiger partial charge in [0.05, 0.1) is 17.0 Å². The summed E-state index contributed by atoms with van der Waals surface area (Å²) < 4.78 is 22.7. The molecule has 146 valence electrons. The molecule has 1 fully saturated rings. The number of nitrogens with two attached hydrogens (primary N) is 1. The number of hydrogen-bond donors (Lipinski definition) is 2. The minimum absolute atomic E-state index is 0.0276. The van der Waals surface area contributed by atoms with E-state index in [1.54, 1.807) is 23.5 Å². The Kier molecular flexibility index (Phi) is 6.00. The topological polar surface area (TPSA) is 92.5 Å². The van der Waals surface area contributed by atoms with E-state index in [0.29, 0.717) is 6.04 Å². The largest absolute Gasteiger partial charge is 0.348 e. The van der Waals surface area contributed by atoms with Gasteiger partial charge < -0.3 is 5.32 Å². The number of carbonyl (C=O) groups is 1. The molecule has 3 atom stereocenters. The molecule has 3 rings (SSSR count). The van der Waals surface area contributed by atoms with E-state index in [9.17, 15) is 13.2 Å². The quantitative estimate of drug-likeness (QED) is 0.770. The molecule has 1 amide bonds. The fourth-order valence-electron chi connectivity index (χ4n) is 3.59. The van der Waals surface area contributed by atoms with Crippen molar-refractivity contribution in [3.8, 4) is 0 Å². The van der Waals surface area contributed by atoms with Gasteiger partial charge in [0, 0.05) is 6.04 Å². The number of nitrogens with one attached hydrogen (secondary N) is 1. The Balaban J connectivity index is 1.65. The third-order valence-corrected chi connectivity index (χ3v) is 6.80. The molecule has 1 aliphatic rings. The second kappa shape index (κ2) is 8.10. The van der Waals surface area contributed by atoms with Gasteiger partial charge in [-0.2, -0.15) is 11.3 Å². The van der Waals surface area contributed by atoms with Crippen LogP contribution < -0.4 is 10.5 Å². The molecule has 1 aromatic carbocycles. The minimum atomic E-state index is -3.71. The third-order valence-electron chi connectivity index (χ3n) is 5.17. The van der Waals surface area contributed by atoms with Crippen LogP contribution in [0.1, 0.15) is 49.9 Å². The Morgan fingerprint density at radius 1 is 1.26 bits per heavy atom. The number of carbonyl (C=O) groups excluding carboxylic acids is 1. The first-order valence-corrected chi connectivity index (χ1v) is 11.5. The second-order valence-electron chi connectivity index (χ2n) is 6.97. The highest BCUT2D eigenvalue weighted by Gasteiger charge is 2.33. The zero-order valence-corrected chi connectivity index (χ0v) is 17.1. The lowest BCUT2D eigenvalue weighted by atomic mass is 10.1. The van der Waals surface area contributed by atoms with Gasteiger partial charge in [-0.15, -0.1) is 0 Å². The van der Waals surface area contributed by atoms with Crippen LogP contribution in [0.3, 0.4) is 0 Å². The smallest absolute Gasteiger partial charge is 0.238 e. The number of hydrogen-bond acceptors (Lipinski definition) is 5. The SMILES string of the molecule is CC(NC(=O)C(C)N1CCCC1c1ccsc1)c1ccc(S(N)(=O)=O)cc1. The molecular weight excluding hydrogens is 382 g/mol. The van der Waals surface area contributed by atoms with Crippen molar-refractivity contribution in [3.63, 3.8) is 0 Å². The van der Waals surface area contributed by atoms with Crippen molar-refractivity contribution in [1.82, 2.24) is 10.2 Å². The van der Waals surface area contributed by atoms with Gasteiger partial charge in [0.2, 0.25) is 15.9 Å². The third kappa shape index (κ3) is 4.57. The molecule has 2 heterocycles. The molecule has 0 bridgehead atoms. The van der Waals surface area contributed by atoms with Crippen LogP contribution in [0.2, 0.25) is 0 Å². The van der Waals surface area contributed by atoms with Crippen molar-refractivity contribution in [3.05, 3.63) is 52.2 Å². The van der Waals surface area contributed by atoms with Gasteiger partial charge in [-0.3, -0.25) is 9.69 Å². The van der Waals surface area contributed by atoms with Crippen LogP contribution >= 0.6 is 11.3 Å². The number of rotatable bonds is 6. The summed E-state index contributed by atoms with van der Waals surface area (Å²) in [5.41, 5.74) is 2.11. The van der Waals surface area contributed by atoms with Crippen molar-refractivity contribution < 1.29 is 13.2 Å². The van der Waals surface area contributed by atoms with E-state index in [4.69, 9.17) is 5.14 Å². The number of nitrogens with zero attached hydrogens (tertiary/aromatic N) is 1. The van der Waals surface area contributed by atoms with Gasteiger partial charge >= 0.3 is 0 Å². The summed E-state index contributed by atoms with van der Waals surface area (Å²) in [7, 11) is -3.71. The maximum absolute atomic E-state index is 12.8. The lowest BCUT2D eigenvalue weighted by molar-refractivity contribution is -0.126. The van der Waals surface area contributed by atoms with Crippen LogP contribution in [-0.4, -0.2) is 31.8 Å². The molecule has 1 aliphatic heterocycles. The molecule has 0 spiro atoms. The van der Waals surface area contributed by atoms with Gasteiger partial charge in [0.25, 0.3) is 0 Å². The predicted octanol–water partition coefficient (Wildman–Crippen LogP) is 2.80. The summed E-state index contributed by atoms with van der Waals surface area (Å²) in [6.07, 6.45) is 2.15. The first kappa shape index (κ1) is 20.0. The molecule has 6 nitrogen and oxygen atoms in total. The van der Waals surface area contributed by atoms with Crippen molar-refractivity contribution in [1.29, 1.82) is 0 Å². The predicted molar refractivity (Wildman–Crippen MR) is 107 cm³/mol. The molecule has 3 unspecified atom stereocenters. The van der Waals surface area contributed by atoms with E-state index in [-0.39, 0.29) is 22.9 Å². The average molecular weight is 408 g/mol. The van der Waals surface area contributed by atoms with Gasteiger partial charge in [0.1, 0.15) is 0 Å². The van der Waals surface area contributed by atoms with Crippen LogP contribution in [0.15, 0.2) is 46.0 Å². The zero-order valence-electron chi connectivity index (χ0n) is 15.5. The van der Waals surface area contributed by atoms with E-state index in [0.717, 1.165) is 24.9 Å². The molecule has 3 N–H and O–H groups in total. The molecule has 1 saturated heterocycles. The standard InChI is InChI=1S/C19H25N3O3S2/c1-13(15-5-7-17(8-6-15)27(20,24)25)21-19(23)14(2)22-10-3-4-18(22)16-9-11-26-12-16/h5-9,11-14,18H,3-4,10H2,1-2H3,(H,21,23)(H2,20,24,25). The van der Waals surface area contributed by atoms with Crippen LogP contribution in [0.5, 0.6) is 0 Å². The van der Waals surface area contributed by atoms with Crippen LogP contribution in [-0.2, 0) is 14.8 Å². The minimum Gasteiger partial charge on any atom is -0.348 e. The lowest BCUT2D eigenvalue weighted by Crippen LogP contribution is -2.45. The normalized spacial score (nSPS) is 20.3. The maximum Gasteiger partial charge on any atom is 0.238 e. The average Bonchev–Trinajstić information content (AvgIpc) is 3.31. The summed E-state index contributed by atoms with van der Waals surface area (Å²) in [5, 5.41) is 12.4. The van der Waals surface area contributed by atoms with Crippen LogP contribution in [0, 0.1) is 0 Å². The Hall–Kier alpha value is -1.74. The van der Waals surface area contributed by atoms with Gasteiger partial charge in [-0.25, -0.2) is 13.6 Å². The zero-order chi connectivity index (χ0) is 19.6. The molecule has 0 saturated carbocycles. The first-order chi connectivity index (χ1) is 12.8. The number of benzene rings is 1. The Morgan fingerprint density at radius 2 is 1.96 bits per heavy atom. The highest BCUT2D eigenvalue weighted by atomic mass is 32.2. The van der Waals surface area contributed by atoms with Gasteiger partial charge in [-0.1, -0.05) is 12.1 Å². The molecule has 8 heteroatoms. The molecule has 0 aliphatic carbocycles. The number of likely N-dealkylation sites (tertiary alicyclic amines) is 1. The number of sulfonamides is 1. The van der Waals surface area contributed by atoms with E-state index in [1.165, 1.54) is 17.7 Å². The lowest BCUT2D eigenvalue weighted by Gasteiger charge is -2.30. The summed E-state index contributed by atoms with van der Waals surface area (Å²) in [6, 6.07) is 8.25. The fourth-order valence-corrected chi connectivity index (χ4v) is 4.81. The van der Waals surface area contributed by atoms with Gasteiger partial charge in [0.15, 0.2) is 0 Å². The van der Waals surface area contributed by atoms with Crippen molar-refractivity contribution in [2.45, 2.75) is 49.7 Å².